The highest BCUT2D eigenvalue weighted by Gasteiger charge is 2.31. The quantitative estimate of drug-likeness (QED) is 0.696. The Balaban J connectivity index is 1.44. The van der Waals surface area contributed by atoms with Gasteiger partial charge in [0, 0.05) is 30.5 Å². The van der Waals surface area contributed by atoms with E-state index in [1.807, 2.05) is 0 Å². The lowest BCUT2D eigenvalue weighted by molar-refractivity contribution is -0.134. The van der Waals surface area contributed by atoms with Crippen LogP contribution in [0.3, 0.4) is 0 Å². The van der Waals surface area contributed by atoms with Gasteiger partial charge >= 0.3 is 0 Å². The van der Waals surface area contributed by atoms with Crippen LogP contribution in [0.2, 0.25) is 5.02 Å². The second kappa shape index (κ2) is 8.75. The van der Waals surface area contributed by atoms with E-state index in [0.29, 0.717) is 43.2 Å². The van der Waals surface area contributed by atoms with E-state index in [2.05, 4.69) is 5.10 Å². The zero-order chi connectivity index (χ0) is 19.3. The molecule has 1 aliphatic heterocycles. The predicted molar refractivity (Wildman–Crippen MR) is 103 cm³/mol. The minimum Gasteiger partial charge on any atom is -0.484 e. The second-order valence-corrected chi connectivity index (χ2v) is 9.30. The average Bonchev–Trinajstić information content (AvgIpc) is 3.20. The molecule has 7 nitrogen and oxygen atoms in total. The molecule has 0 N–H and O–H groups in total. The molecular weight excluding hydrogens is 390 g/mol. The highest BCUT2D eigenvalue weighted by Crippen LogP contribution is 2.20. The first-order valence-corrected chi connectivity index (χ1v) is 10.9. The summed E-state index contributed by atoms with van der Waals surface area (Å²) in [5.74, 6) is 0.494. The molecule has 0 bridgehead atoms. The van der Waals surface area contributed by atoms with Gasteiger partial charge in [-0.2, -0.15) is 5.10 Å². The molecule has 146 valence electrons. The van der Waals surface area contributed by atoms with E-state index >= 15 is 0 Å². The SMILES string of the molecule is O=C(COc1ccc(Cl)cc1)N1CCC(S(=O)(=O)CCn2cccn2)CC1. The van der Waals surface area contributed by atoms with Gasteiger partial charge in [-0.15, -0.1) is 0 Å². The Morgan fingerprint density at radius 2 is 1.93 bits per heavy atom. The zero-order valence-corrected chi connectivity index (χ0v) is 16.4. The molecule has 9 heteroatoms. The summed E-state index contributed by atoms with van der Waals surface area (Å²) in [6.45, 7) is 1.13. The molecule has 1 saturated heterocycles. The van der Waals surface area contributed by atoms with E-state index in [9.17, 15) is 13.2 Å². The lowest BCUT2D eigenvalue weighted by Crippen LogP contribution is -2.44. The lowest BCUT2D eigenvalue weighted by atomic mass is 10.1. The number of aromatic nitrogens is 2. The van der Waals surface area contributed by atoms with Crippen molar-refractivity contribution in [1.82, 2.24) is 14.7 Å². The maximum atomic E-state index is 12.5. The van der Waals surface area contributed by atoms with Crippen molar-refractivity contribution in [2.45, 2.75) is 24.6 Å². The number of rotatable bonds is 7. The van der Waals surface area contributed by atoms with Crippen LogP contribution in [-0.2, 0) is 21.2 Å². The Morgan fingerprint density at radius 1 is 1.22 bits per heavy atom. The Morgan fingerprint density at radius 3 is 2.56 bits per heavy atom. The third-order valence-corrected chi connectivity index (χ3v) is 7.13. The Hall–Kier alpha value is -2.06. The molecule has 0 aliphatic carbocycles. The van der Waals surface area contributed by atoms with Crippen molar-refractivity contribution in [1.29, 1.82) is 0 Å². The topological polar surface area (TPSA) is 81.5 Å². The van der Waals surface area contributed by atoms with Gasteiger partial charge in [0.2, 0.25) is 0 Å². The van der Waals surface area contributed by atoms with E-state index in [-0.39, 0.29) is 18.3 Å². The first kappa shape index (κ1) is 19.7. The summed E-state index contributed by atoms with van der Waals surface area (Å²) in [7, 11) is -3.21. The van der Waals surface area contributed by atoms with Gasteiger partial charge in [0.15, 0.2) is 16.4 Å². The van der Waals surface area contributed by atoms with Crippen LogP contribution >= 0.6 is 11.6 Å². The van der Waals surface area contributed by atoms with E-state index in [1.54, 1.807) is 52.3 Å². The Kier molecular flexibility index (Phi) is 6.38. The lowest BCUT2D eigenvalue weighted by Gasteiger charge is -2.31. The van der Waals surface area contributed by atoms with Crippen LogP contribution in [-0.4, -0.2) is 59.7 Å². The monoisotopic (exact) mass is 411 g/mol. The predicted octanol–water partition coefficient (Wildman–Crippen LogP) is 2.02. The number of piperidine rings is 1. The number of ether oxygens (including phenoxy) is 1. The van der Waals surface area contributed by atoms with E-state index in [1.165, 1.54) is 0 Å². The molecule has 3 rings (SSSR count). The molecule has 2 aromatic rings. The smallest absolute Gasteiger partial charge is 0.260 e. The van der Waals surface area contributed by atoms with Crippen LogP contribution in [0.4, 0.5) is 0 Å². The van der Waals surface area contributed by atoms with Crippen LogP contribution in [0, 0.1) is 0 Å². The van der Waals surface area contributed by atoms with Gasteiger partial charge < -0.3 is 9.64 Å². The average molecular weight is 412 g/mol. The fraction of sp³-hybridized carbons (Fsp3) is 0.444. The van der Waals surface area contributed by atoms with E-state index in [4.69, 9.17) is 16.3 Å². The van der Waals surface area contributed by atoms with E-state index in [0.717, 1.165) is 0 Å². The number of hydrogen-bond acceptors (Lipinski definition) is 5. The van der Waals surface area contributed by atoms with Crippen molar-refractivity contribution in [2.24, 2.45) is 0 Å². The summed E-state index contributed by atoms with van der Waals surface area (Å²) in [4.78, 5) is 14.0. The van der Waals surface area contributed by atoms with Crippen molar-refractivity contribution in [3.8, 4) is 5.75 Å². The summed E-state index contributed by atoms with van der Waals surface area (Å²) in [6, 6.07) is 8.56. The maximum absolute atomic E-state index is 12.5. The number of hydrogen-bond donors (Lipinski definition) is 0. The molecule has 0 radical (unpaired) electrons. The van der Waals surface area contributed by atoms with Crippen molar-refractivity contribution < 1.29 is 17.9 Å². The molecule has 1 amide bonds. The maximum Gasteiger partial charge on any atom is 0.260 e. The molecular formula is C18H22ClN3O4S. The fourth-order valence-electron chi connectivity index (χ4n) is 3.05. The first-order valence-electron chi connectivity index (χ1n) is 8.79. The van der Waals surface area contributed by atoms with Gasteiger partial charge in [0.25, 0.3) is 5.91 Å². The number of halogens is 1. The number of aryl methyl sites for hydroxylation is 1. The second-order valence-electron chi connectivity index (χ2n) is 6.46. The molecule has 1 aliphatic rings. The molecule has 1 aromatic heterocycles. The molecule has 1 aromatic carbocycles. The summed E-state index contributed by atoms with van der Waals surface area (Å²) in [6.07, 6.45) is 4.28. The van der Waals surface area contributed by atoms with Crippen LogP contribution < -0.4 is 4.74 Å². The van der Waals surface area contributed by atoms with Crippen LogP contribution in [0.15, 0.2) is 42.7 Å². The molecule has 0 unspecified atom stereocenters. The van der Waals surface area contributed by atoms with Crippen LogP contribution in [0.25, 0.3) is 0 Å². The summed E-state index contributed by atoms with van der Waals surface area (Å²) in [5.41, 5.74) is 0. The number of amides is 1. The van der Waals surface area contributed by atoms with Crippen molar-refractivity contribution in [3.63, 3.8) is 0 Å². The molecule has 2 heterocycles. The molecule has 1 fully saturated rings. The van der Waals surface area contributed by atoms with Gasteiger partial charge in [0.1, 0.15) is 5.75 Å². The number of sulfone groups is 1. The van der Waals surface area contributed by atoms with Crippen LogP contribution in [0.5, 0.6) is 5.75 Å². The third kappa shape index (κ3) is 5.46. The van der Waals surface area contributed by atoms with Gasteiger partial charge in [-0.05, 0) is 43.2 Å². The fourth-order valence-corrected chi connectivity index (χ4v) is 4.88. The minimum atomic E-state index is -3.21. The Labute approximate surface area is 163 Å². The minimum absolute atomic E-state index is 0.0625. The molecule has 27 heavy (non-hydrogen) atoms. The van der Waals surface area contributed by atoms with Crippen LogP contribution in [0.1, 0.15) is 12.8 Å². The summed E-state index contributed by atoms with van der Waals surface area (Å²) >= 11 is 5.81. The number of likely N-dealkylation sites (tertiary alicyclic amines) is 1. The van der Waals surface area contributed by atoms with Gasteiger partial charge in [-0.3, -0.25) is 9.48 Å². The molecule has 0 saturated carbocycles. The summed E-state index contributed by atoms with van der Waals surface area (Å²) < 4.78 is 32.1. The number of carbonyl (C=O) groups is 1. The van der Waals surface area contributed by atoms with E-state index < -0.39 is 15.1 Å². The standard InChI is InChI=1S/C18H22ClN3O4S/c19-15-2-4-16(5-3-15)26-14-18(23)21-10-6-17(7-11-21)27(24,25)13-12-22-9-1-8-20-22/h1-5,8-9,17H,6-7,10-14H2. The first-order chi connectivity index (χ1) is 12.9. The third-order valence-electron chi connectivity index (χ3n) is 4.64. The highest BCUT2D eigenvalue weighted by molar-refractivity contribution is 7.92. The highest BCUT2D eigenvalue weighted by atomic mass is 35.5. The van der Waals surface area contributed by atoms with Crippen molar-refractivity contribution >= 4 is 27.3 Å². The number of nitrogens with zero attached hydrogens (tertiary/aromatic N) is 3. The zero-order valence-electron chi connectivity index (χ0n) is 14.8. The number of benzene rings is 1. The largest absolute Gasteiger partial charge is 0.484 e. The van der Waals surface area contributed by atoms with Crippen molar-refractivity contribution in [2.75, 3.05) is 25.4 Å². The van der Waals surface area contributed by atoms with Crippen molar-refractivity contribution in [3.05, 3.63) is 47.7 Å². The summed E-state index contributed by atoms with van der Waals surface area (Å²) in [5, 5.41) is 4.22. The Bertz CT molecular complexity index is 845. The van der Waals surface area contributed by atoms with Gasteiger partial charge in [-0.25, -0.2) is 8.42 Å². The van der Waals surface area contributed by atoms with Gasteiger partial charge in [0.05, 0.1) is 17.5 Å². The normalized spacial score (nSPS) is 15.7. The molecule has 0 spiro atoms. The molecule has 0 atom stereocenters. The number of carbonyl (C=O) groups excluding carboxylic acids is 1. The van der Waals surface area contributed by atoms with Gasteiger partial charge in [-0.1, -0.05) is 11.6 Å².